The molecule has 0 bridgehead atoms. The molecule has 0 aromatic heterocycles. The second kappa shape index (κ2) is 10.1. The number of nitrogens with zero attached hydrogens (tertiary/aromatic N) is 2. The van der Waals surface area contributed by atoms with E-state index in [-0.39, 0.29) is 23.8 Å². The average Bonchev–Trinajstić information content (AvgIpc) is 2.90. The molecule has 0 radical (unpaired) electrons. The molecule has 5 heteroatoms. The molecular formula is C30H34N2O3. The fraction of sp³-hybridized carbons (Fsp3) is 0.400. The molecule has 35 heavy (non-hydrogen) atoms. The minimum absolute atomic E-state index is 0.0277. The fourth-order valence-corrected chi connectivity index (χ4v) is 5.41. The summed E-state index contributed by atoms with van der Waals surface area (Å²) in [5.41, 5.74) is 3.06. The second-order valence-corrected chi connectivity index (χ2v) is 10.0. The van der Waals surface area contributed by atoms with Crippen LogP contribution in [0.25, 0.3) is 10.8 Å². The van der Waals surface area contributed by atoms with E-state index in [0.717, 1.165) is 53.3 Å². The Hall–Kier alpha value is -3.34. The number of ether oxygens (including phenoxy) is 1. The summed E-state index contributed by atoms with van der Waals surface area (Å²) >= 11 is 0. The molecule has 2 fully saturated rings. The molecule has 182 valence electrons. The Morgan fingerprint density at radius 2 is 1.63 bits per heavy atom. The van der Waals surface area contributed by atoms with Crippen molar-refractivity contribution in [1.29, 1.82) is 0 Å². The van der Waals surface area contributed by atoms with Gasteiger partial charge >= 0.3 is 0 Å². The van der Waals surface area contributed by atoms with E-state index in [1.807, 2.05) is 52.3 Å². The van der Waals surface area contributed by atoms with Crippen LogP contribution in [0.1, 0.15) is 47.2 Å². The van der Waals surface area contributed by atoms with Crippen molar-refractivity contribution in [3.63, 3.8) is 0 Å². The highest BCUT2D eigenvalue weighted by Gasteiger charge is 2.34. The van der Waals surface area contributed by atoms with E-state index in [1.54, 1.807) is 0 Å². The Bertz CT molecular complexity index is 1220. The molecule has 0 spiro atoms. The monoisotopic (exact) mass is 470 g/mol. The van der Waals surface area contributed by atoms with Crippen LogP contribution in [0.3, 0.4) is 0 Å². The number of piperidine rings is 2. The highest BCUT2D eigenvalue weighted by atomic mass is 16.5. The molecule has 1 unspecified atom stereocenters. The summed E-state index contributed by atoms with van der Waals surface area (Å²) in [5.74, 6) is 1.04. The number of aryl methyl sites for hydroxylation is 2. The van der Waals surface area contributed by atoms with E-state index in [2.05, 4.69) is 32.0 Å². The maximum Gasteiger partial charge on any atom is 0.254 e. The standard InChI is InChI=1S/C30H34N2O3/c1-21-12-13-22(2)28(19-21)35-25-14-17-31(18-15-25)29(33)24-9-6-16-32(20-24)30(34)27-11-5-8-23-7-3-4-10-26(23)27/h3-5,7-8,10-13,19,24-25H,6,9,14-18,20H2,1-2H3. The van der Waals surface area contributed by atoms with Crippen molar-refractivity contribution in [2.24, 2.45) is 5.92 Å². The van der Waals surface area contributed by atoms with Crippen LogP contribution >= 0.6 is 0 Å². The lowest BCUT2D eigenvalue weighted by Gasteiger charge is -2.38. The Morgan fingerprint density at radius 1 is 0.857 bits per heavy atom. The number of benzene rings is 3. The summed E-state index contributed by atoms with van der Waals surface area (Å²) in [6.45, 7) is 6.77. The Kier molecular flexibility index (Phi) is 6.76. The quantitative estimate of drug-likeness (QED) is 0.515. The van der Waals surface area contributed by atoms with Crippen molar-refractivity contribution in [3.8, 4) is 5.75 Å². The van der Waals surface area contributed by atoms with Crippen LogP contribution in [-0.2, 0) is 4.79 Å². The van der Waals surface area contributed by atoms with Crippen molar-refractivity contribution in [1.82, 2.24) is 9.80 Å². The van der Waals surface area contributed by atoms with Crippen LogP contribution in [0.5, 0.6) is 5.75 Å². The molecule has 3 aromatic carbocycles. The van der Waals surface area contributed by atoms with Gasteiger partial charge in [-0.3, -0.25) is 9.59 Å². The first-order chi connectivity index (χ1) is 17.0. The molecule has 0 aliphatic carbocycles. The number of carbonyl (C=O) groups is 2. The lowest BCUT2D eigenvalue weighted by Crippen LogP contribution is -2.49. The molecule has 0 saturated carbocycles. The van der Waals surface area contributed by atoms with E-state index in [0.29, 0.717) is 26.2 Å². The largest absolute Gasteiger partial charge is 0.490 e. The molecule has 2 aliphatic rings. The van der Waals surface area contributed by atoms with E-state index in [1.165, 1.54) is 5.56 Å². The predicted molar refractivity (Wildman–Crippen MR) is 139 cm³/mol. The van der Waals surface area contributed by atoms with Gasteiger partial charge in [-0.25, -0.2) is 0 Å². The van der Waals surface area contributed by atoms with Crippen LogP contribution in [0, 0.1) is 19.8 Å². The number of rotatable bonds is 4. The topological polar surface area (TPSA) is 49.9 Å². The minimum Gasteiger partial charge on any atom is -0.490 e. The summed E-state index contributed by atoms with van der Waals surface area (Å²) in [5, 5.41) is 2.04. The lowest BCUT2D eigenvalue weighted by atomic mass is 9.94. The summed E-state index contributed by atoms with van der Waals surface area (Å²) < 4.78 is 6.28. The molecule has 3 aromatic rings. The molecule has 2 heterocycles. The zero-order valence-electron chi connectivity index (χ0n) is 20.7. The van der Waals surface area contributed by atoms with Gasteiger partial charge in [0.2, 0.25) is 5.91 Å². The van der Waals surface area contributed by atoms with E-state index in [9.17, 15) is 9.59 Å². The number of likely N-dealkylation sites (tertiary alicyclic amines) is 2. The Morgan fingerprint density at radius 3 is 2.46 bits per heavy atom. The Labute approximate surface area is 207 Å². The van der Waals surface area contributed by atoms with Gasteiger partial charge in [-0.1, -0.05) is 48.5 Å². The normalized spacial score (nSPS) is 19.1. The summed E-state index contributed by atoms with van der Waals surface area (Å²) in [6, 6.07) is 20.1. The fourth-order valence-electron chi connectivity index (χ4n) is 5.41. The van der Waals surface area contributed by atoms with Crippen LogP contribution in [0.4, 0.5) is 0 Å². The number of fused-ring (bicyclic) bond motifs is 1. The van der Waals surface area contributed by atoms with Gasteiger partial charge in [-0.2, -0.15) is 0 Å². The van der Waals surface area contributed by atoms with E-state index >= 15 is 0 Å². The van der Waals surface area contributed by atoms with Gasteiger partial charge in [0.1, 0.15) is 11.9 Å². The van der Waals surface area contributed by atoms with Crippen molar-refractivity contribution >= 4 is 22.6 Å². The lowest BCUT2D eigenvalue weighted by molar-refractivity contribution is -0.138. The van der Waals surface area contributed by atoms with Crippen LogP contribution in [0.15, 0.2) is 60.7 Å². The smallest absolute Gasteiger partial charge is 0.254 e. The predicted octanol–water partition coefficient (Wildman–Crippen LogP) is 5.38. The highest BCUT2D eigenvalue weighted by Crippen LogP contribution is 2.27. The molecule has 1 atom stereocenters. The number of carbonyl (C=O) groups excluding carboxylic acids is 2. The maximum absolute atomic E-state index is 13.4. The third-order valence-corrected chi connectivity index (χ3v) is 7.47. The summed E-state index contributed by atoms with van der Waals surface area (Å²) in [7, 11) is 0. The molecule has 5 nitrogen and oxygen atoms in total. The van der Waals surface area contributed by atoms with Gasteiger partial charge in [0.15, 0.2) is 0 Å². The van der Waals surface area contributed by atoms with Gasteiger partial charge in [0.05, 0.1) is 5.92 Å². The van der Waals surface area contributed by atoms with Crippen molar-refractivity contribution in [2.75, 3.05) is 26.2 Å². The SMILES string of the molecule is Cc1ccc(C)c(OC2CCN(C(=O)C3CCCN(C(=O)c4cccc5ccccc45)C3)CC2)c1. The molecule has 2 aliphatic heterocycles. The van der Waals surface area contributed by atoms with E-state index < -0.39 is 0 Å². The van der Waals surface area contributed by atoms with Gasteiger partial charge in [-0.15, -0.1) is 0 Å². The third kappa shape index (κ3) is 5.04. The molecule has 0 N–H and O–H groups in total. The summed E-state index contributed by atoms with van der Waals surface area (Å²) in [4.78, 5) is 30.7. The zero-order chi connectivity index (χ0) is 24.4. The maximum atomic E-state index is 13.4. The molecular weight excluding hydrogens is 436 g/mol. The first-order valence-electron chi connectivity index (χ1n) is 12.8. The van der Waals surface area contributed by atoms with Gasteiger partial charge in [-0.05, 0) is 60.7 Å². The molecule has 5 rings (SSSR count). The third-order valence-electron chi connectivity index (χ3n) is 7.47. The average molecular weight is 471 g/mol. The zero-order valence-corrected chi connectivity index (χ0v) is 20.7. The van der Waals surface area contributed by atoms with E-state index in [4.69, 9.17) is 4.74 Å². The van der Waals surface area contributed by atoms with Gasteiger partial charge in [0, 0.05) is 44.6 Å². The van der Waals surface area contributed by atoms with Crippen LogP contribution in [0.2, 0.25) is 0 Å². The first-order valence-corrected chi connectivity index (χ1v) is 12.8. The van der Waals surface area contributed by atoms with Gasteiger partial charge in [0.25, 0.3) is 5.91 Å². The summed E-state index contributed by atoms with van der Waals surface area (Å²) in [6.07, 6.45) is 3.51. The molecule has 2 amide bonds. The number of hydrogen-bond acceptors (Lipinski definition) is 3. The highest BCUT2D eigenvalue weighted by molar-refractivity contribution is 6.07. The Balaban J connectivity index is 1.20. The number of hydrogen-bond donors (Lipinski definition) is 0. The minimum atomic E-state index is -0.126. The van der Waals surface area contributed by atoms with Crippen molar-refractivity contribution in [3.05, 3.63) is 77.4 Å². The molecule has 2 saturated heterocycles. The first kappa shape index (κ1) is 23.4. The van der Waals surface area contributed by atoms with Crippen LogP contribution < -0.4 is 4.74 Å². The number of amides is 2. The van der Waals surface area contributed by atoms with Gasteiger partial charge < -0.3 is 14.5 Å². The van der Waals surface area contributed by atoms with Crippen molar-refractivity contribution < 1.29 is 14.3 Å². The second-order valence-electron chi connectivity index (χ2n) is 10.0. The van der Waals surface area contributed by atoms with Crippen molar-refractivity contribution in [2.45, 2.75) is 45.6 Å². The van der Waals surface area contributed by atoms with Crippen LogP contribution in [-0.4, -0.2) is 53.9 Å².